The average molecular weight is 344 g/mol. The Labute approximate surface area is 121 Å². The quantitative estimate of drug-likeness (QED) is 0.756. The van der Waals surface area contributed by atoms with Crippen molar-refractivity contribution in [2.45, 2.75) is 13.1 Å². The number of aryl methyl sites for hydroxylation is 1. The molecule has 0 aliphatic carbocycles. The maximum Gasteiger partial charge on any atom is 0.417 e. The van der Waals surface area contributed by atoms with Gasteiger partial charge in [0.1, 0.15) is 0 Å². The Morgan fingerprint density at radius 1 is 1.15 bits per heavy atom. The number of alkyl halides is 3. The first-order chi connectivity index (χ1) is 9.29. The second-order valence-electron chi connectivity index (χ2n) is 4.27. The van der Waals surface area contributed by atoms with Crippen molar-refractivity contribution in [1.82, 2.24) is 4.98 Å². The van der Waals surface area contributed by atoms with Crippen molar-refractivity contribution in [3.63, 3.8) is 0 Å². The van der Waals surface area contributed by atoms with Crippen molar-refractivity contribution in [1.29, 1.82) is 0 Å². The topological polar surface area (TPSA) is 30.0 Å². The van der Waals surface area contributed by atoms with Crippen molar-refractivity contribution >= 4 is 21.7 Å². The van der Waals surface area contributed by atoms with E-state index in [1.165, 1.54) is 18.3 Å². The molecular weight excluding hydrogens is 335 g/mol. The third kappa shape index (κ3) is 3.07. The van der Waals surface area contributed by atoms with Crippen LogP contribution in [0, 0.1) is 6.92 Å². The van der Waals surface area contributed by atoms with E-state index in [1.54, 1.807) is 19.2 Å². The van der Waals surface area contributed by atoms with Crippen LogP contribution >= 0.6 is 15.9 Å². The van der Waals surface area contributed by atoms with Gasteiger partial charge in [0.2, 0.25) is 0 Å². The molecule has 0 aliphatic rings. The molecule has 0 saturated carbocycles. The van der Waals surface area contributed by atoms with Crippen LogP contribution in [-0.4, -0.2) is 10.8 Å². The summed E-state index contributed by atoms with van der Waals surface area (Å²) in [5.74, 6) is -0.487. The summed E-state index contributed by atoms with van der Waals surface area (Å²) >= 11 is 2.84. The van der Waals surface area contributed by atoms with Crippen LogP contribution in [0.5, 0.6) is 0 Å². The minimum absolute atomic E-state index is 0.0204. The lowest BCUT2D eigenvalue weighted by Gasteiger charge is -2.10. The molecule has 2 rings (SSSR count). The van der Waals surface area contributed by atoms with Crippen molar-refractivity contribution < 1.29 is 18.0 Å². The van der Waals surface area contributed by atoms with E-state index in [-0.39, 0.29) is 15.6 Å². The Morgan fingerprint density at radius 2 is 1.85 bits per heavy atom. The Balaban J connectivity index is 2.46. The van der Waals surface area contributed by atoms with Crippen molar-refractivity contribution in [2.24, 2.45) is 0 Å². The molecule has 0 radical (unpaired) electrons. The zero-order chi connectivity index (χ0) is 14.9. The molecule has 0 N–H and O–H groups in total. The molecule has 0 fully saturated rings. The number of rotatable bonds is 2. The molecular formula is C14H9BrF3NO. The highest BCUT2D eigenvalue weighted by atomic mass is 79.9. The molecule has 0 saturated heterocycles. The molecule has 1 aromatic heterocycles. The Kier molecular flexibility index (Phi) is 3.94. The van der Waals surface area contributed by atoms with E-state index >= 15 is 0 Å². The highest BCUT2D eigenvalue weighted by Gasteiger charge is 2.33. The number of ketones is 1. The van der Waals surface area contributed by atoms with Crippen LogP contribution in [0.1, 0.15) is 27.0 Å². The zero-order valence-electron chi connectivity index (χ0n) is 10.3. The fourth-order valence-electron chi connectivity index (χ4n) is 1.73. The molecule has 0 bridgehead atoms. The minimum Gasteiger partial charge on any atom is -0.289 e. The lowest BCUT2D eigenvalue weighted by molar-refractivity contribution is -0.138. The van der Waals surface area contributed by atoms with Gasteiger partial charge in [0.25, 0.3) is 0 Å². The van der Waals surface area contributed by atoms with Gasteiger partial charge in [0.05, 0.1) is 5.56 Å². The summed E-state index contributed by atoms with van der Waals surface area (Å²) in [6.45, 7) is 1.76. The van der Waals surface area contributed by atoms with Crippen LogP contribution in [0.4, 0.5) is 13.2 Å². The largest absolute Gasteiger partial charge is 0.417 e. The SMILES string of the molecule is Cc1cncc(C(=O)c2ccc(Br)c(C(F)(F)F)c2)c1. The summed E-state index contributed by atoms with van der Waals surface area (Å²) in [4.78, 5) is 16.0. The summed E-state index contributed by atoms with van der Waals surface area (Å²) in [5, 5.41) is 0. The molecule has 0 spiro atoms. The van der Waals surface area contributed by atoms with Crippen molar-refractivity contribution in [2.75, 3.05) is 0 Å². The number of hydrogen-bond donors (Lipinski definition) is 0. The lowest BCUT2D eigenvalue weighted by atomic mass is 10.0. The van der Waals surface area contributed by atoms with Gasteiger partial charge in [0.15, 0.2) is 5.78 Å². The van der Waals surface area contributed by atoms with Crippen molar-refractivity contribution in [3.05, 3.63) is 63.4 Å². The first-order valence-electron chi connectivity index (χ1n) is 5.62. The molecule has 6 heteroatoms. The zero-order valence-corrected chi connectivity index (χ0v) is 11.9. The number of halogens is 4. The standard InChI is InChI=1S/C14H9BrF3NO/c1-8-4-10(7-19-6-8)13(20)9-2-3-12(15)11(5-9)14(16,17)18/h2-7H,1H3. The Bertz CT molecular complexity index is 668. The fourth-order valence-corrected chi connectivity index (χ4v) is 2.20. The van der Waals surface area contributed by atoms with E-state index in [1.807, 2.05) is 0 Å². The maximum absolute atomic E-state index is 12.8. The van der Waals surface area contributed by atoms with E-state index in [0.29, 0.717) is 0 Å². The Morgan fingerprint density at radius 3 is 2.45 bits per heavy atom. The predicted octanol–water partition coefficient (Wildman–Crippen LogP) is 4.40. The molecule has 1 heterocycles. The average Bonchev–Trinajstić information content (AvgIpc) is 2.37. The van der Waals surface area contributed by atoms with Gasteiger partial charge in [-0.3, -0.25) is 9.78 Å². The van der Waals surface area contributed by atoms with Crippen LogP contribution < -0.4 is 0 Å². The van der Waals surface area contributed by atoms with Gasteiger partial charge in [-0.05, 0) is 36.8 Å². The highest BCUT2D eigenvalue weighted by molar-refractivity contribution is 9.10. The summed E-state index contributed by atoms with van der Waals surface area (Å²) < 4.78 is 38.3. The van der Waals surface area contributed by atoms with Gasteiger partial charge < -0.3 is 0 Å². The molecule has 0 aliphatic heterocycles. The van der Waals surface area contributed by atoms with Crippen LogP contribution in [0.3, 0.4) is 0 Å². The summed E-state index contributed by atoms with van der Waals surface area (Å²) in [7, 11) is 0. The molecule has 0 atom stereocenters. The maximum atomic E-state index is 12.8. The first kappa shape index (κ1) is 14.7. The van der Waals surface area contributed by atoms with E-state index < -0.39 is 17.5 Å². The number of aromatic nitrogens is 1. The molecule has 1 aromatic carbocycles. The number of pyridine rings is 1. The van der Waals surface area contributed by atoms with Crippen LogP contribution in [0.25, 0.3) is 0 Å². The fraction of sp³-hybridized carbons (Fsp3) is 0.143. The summed E-state index contributed by atoms with van der Waals surface area (Å²) in [6, 6.07) is 5.00. The van der Waals surface area contributed by atoms with Crippen LogP contribution in [0.2, 0.25) is 0 Å². The molecule has 0 amide bonds. The van der Waals surface area contributed by atoms with E-state index in [9.17, 15) is 18.0 Å². The van der Waals surface area contributed by atoms with Gasteiger partial charge in [0, 0.05) is 28.0 Å². The normalized spacial score (nSPS) is 11.4. The number of carbonyl (C=O) groups is 1. The molecule has 20 heavy (non-hydrogen) atoms. The van der Waals surface area contributed by atoms with Gasteiger partial charge in [-0.2, -0.15) is 13.2 Å². The highest BCUT2D eigenvalue weighted by Crippen LogP contribution is 2.35. The van der Waals surface area contributed by atoms with Crippen LogP contribution in [0.15, 0.2) is 41.1 Å². The van der Waals surface area contributed by atoms with Crippen molar-refractivity contribution in [3.8, 4) is 0 Å². The predicted molar refractivity (Wildman–Crippen MR) is 71.6 cm³/mol. The monoisotopic (exact) mass is 343 g/mol. The smallest absolute Gasteiger partial charge is 0.289 e. The lowest BCUT2D eigenvalue weighted by Crippen LogP contribution is -2.09. The number of carbonyl (C=O) groups excluding carboxylic acids is 1. The number of nitrogens with zero attached hydrogens (tertiary/aromatic N) is 1. The van der Waals surface area contributed by atoms with Gasteiger partial charge in [-0.25, -0.2) is 0 Å². The van der Waals surface area contributed by atoms with E-state index in [0.717, 1.165) is 11.6 Å². The molecule has 0 unspecified atom stereocenters. The second kappa shape index (κ2) is 5.36. The van der Waals surface area contributed by atoms with E-state index in [4.69, 9.17) is 0 Å². The second-order valence-corrected chi connectivity index (χ2v) is 5.13. The third-order valence-corrected chi connectivity index (χ3v) is 3.36. The van der Waals surface area contributed by atoms with Gasteiger partial charge in [-0.1, -0.05) is 15.9 Å². The molecule has 2 nitrogen and oxygen atoms in total. The summed E-state index contributed by atoms with van der Waals surface area (Å²) in [6.07, 6.45) is -1.61. The molecule has 2 aromatic rings. The Hall–Kier alpha value is -1.69. The summed E-state index contributed by atoms with van der Waals surface area (Å²) in [5.41, 5.74) is 0.140. The molecule has 104 valence electrons. The first-order valence-corrected chi connectivity index (χ1v) is 6.41. The van der Waals surface area contributed by atoms with Crippen LogP contribution in [-0.2, 0) is 6.18 Å². The minimum atomic E-state index is -4.51. The number of hydrogen-bond acceptors (Lipinski definition) is 2. The van der Waals surface area contributed by atoms with Gasteiger partial charge >= 0.3 is 6.18 Å². The van der Waals surface area contributed by atoms with E-state index in [2.05, 4.69) is 20.9 Å². The van der Waals surface area contributed by atoms with Gasteiger partial charge in [-0.15, -0.1) is 0 Å². The number of benzene rings is 1. The third-order valence-electron chi connectivity index (χ3n) is 2.67.